The molecular formula is C13H19N3OS. The van der Waals surface area contributed by atoms with E-state index in [-0.39, 0.29) is 5.91 Å². The molecule has 0 spiro atoms. The van der Waals surface area contributed by atoms with Crippen molar-refractivity contribution in [2.75, 3.05) is 5.75 Å². The number of thioether (sulfide) groups is 1. The molecule has 1 N–H and O–H groups in total. The Balaban J connectivity index is 1.75. The van der Waals surface area contributed by atoms with Crippen molar-refractivity contribution < 1.29 is 4.79 Å². The maximum Gasteiger partial charge on any atom is 0.230 e. The average Bonchev–Trinajstić information content (AvgIpc) is 2.40. The predicted octanol–water partition coefficient (Wildman–Crippen LogP) is 2.26. The second-order valence-electron chi connectivity index (χ2n) is 4.76. The van der Waals surface area contributed by atoms with Crippen LogP contribution in [0, 0.1) is 5.92 Å². The molecule has 1 aliphatic rings. The van der Waals surface area contributed by atoms with Crippen LogP contribution in [-0.4, -0.2) is 27.7 Å². The molecule has 1 fully saturated rings. The van der Waals surface area contributed by atoms with Crippen LogP contribution in [0.5, 0.6) is 0 Å². The quantitative estimate of drug-likeness (QED) is 0.670. The Bertz CT molecular complexity index is 385. The van der Waals surface area contributed by atoms with Crippen LogP contribution < -0.4 is 5.32 Å². The summed E-state index contributed by atoms with van der Waals surface area (Å²) < 4.78 is 0. The highest BCUT2D eigenvalue weighted by Gasteiger charge is 2.22. The maximum atomic E-state index is 11.8. The molecule has 0 aliphatic heterocycles. The van der Waals surface area contributed by atoms with Crippen LogP contribution in [0.4, 0.5) is 0 Å². The third-order valence-corrected chi connectivity index (χ3v) is 4.21. The molecule has 0 bridgehead atoms. The predicted molar refractivity (Wildman–Crippen MR) is 72.3 cm³/mol. The number of rotatable bonds is 4. The van der Waals surface area contributed by atoms with E-state index in [0.29, 0.717) is 22.9 Å². The fourth-order valence-corrected chi connectivity index (χ4v) is 2.88. The van der Waals surface area contributed by atoms with E-state index < -0.39 is 0 Å². The lowest BCUT2D eigenvalue weighted by Gasteiger charge is -2.29. The van der Waals surface area contributed by atoms with Crippen LogP contribution in [0.15, 0.2) is 23.6 Å². The summed E-state index contributed by atoms with van der Waals surface area (Å²) in [6, 6.07) is 2.12. The second kappa shape index (κ2) is 6.73. The Morgan fingerprint density at radius 3 is 2.83 bits per heavy atom. The Kier molecular flexibility index (Phi) is 4.99. The van der Waals surface area contributed by atoms with Gasteiger partial charge in [0.1, 0.15) is 0 Å². The molecule has 1 heterocycles. The average molecular weight is 265 g/mol. The smallest absolute Gasteiger partial charge is 0.230 e. The van der Waals surface area contributed by atoms with Crippen LogP contribution in [0.1, 0.15) is 32.6 Å². The van der Waals surface area contributed by atoms with Gasteiger partial charge in [0.2, 0.25) is 5.91 Å². The minimum absolute atomic E-state index is 0.0891. The summed E-state index contributed by atoms with van der Waals surface area (Å²) >= 11 is 1.38. The molecule has 4 nitrogen and oxygen atoms in total. The van der Waals surface area contributed by atoms with E-state index in [1.807, 2.05) is 0 Å². The van der Waals surface area contributed by atoms with E-state index in [9.17, 15) is 4.79 Å². The zero-order chi connectivity index (χ0) is 12.8. The first kappa shape index (κ1) is 13.3. The topological polar surface area (TPSA) is 54.9 Å². The number of carbonyl (C=O) groups excluding carboxylic acids is 1. The van der Waals surface area contributed by atoms with Crippen molar-refractivity contribution in [1.82, 2.24) is 15.3 Å². The van der Waals surface area contributed by atoms with Gasteiger partial charge in [-0.15, -0.1) is 0 Å². The van der Waals surface area contributed by atoms with Crippen molar-refractivity contribution in [2.45, 2.75) is 43.8 Å². The molecule has 5 heteroatoms. The van der Waals surface area contributed by atoms with Crippen LogP contribution in [-0.2, 0) is 4.79 Å². The minimum Gasteiger partial charge on any atom is -0.352 e. The van der Waals surface area contributed by atoms with Gasteiger partial charge in [-0.05, 0) is 24.8 Å². The number of nitrogens with zero attached hydrogens (tertiary/aromatic N) is 2. The summed E-state index contributed by atoms with van der Waals surface area (Å²) in [5.41, 5.74) is 0. The Morgan fingerprint density at radius 1 is 1.39 bits per heavy atom. The number of hydrogen-bond acceptors (Lipinski definition) is 4. The molecule has 1 saturated carbocycles. The van der Waals surface area contributed by atoms with Gasteiger partial charge < -0.3 is 5.32 Å². The lowest BCUT2D eigenvalue weighted by Crippen LogP contribution is -2.41. The molecule has 18 heavy (non-hydrogen) atoms. The highest BCUT2D eigenvalue weighted by molar-refractivity contribution is 7.99. The van der Waals surface area contributed by atoms with Gasteiger partial charge in [-0.1, -0.05) is 31.5 Å². The fraction of sp³-hybridized carbons (Fsp3) is 0.615. The van der Waals surface area contributed by atoms with Crippen LogP contribution in [0.25, 0.3) is 0 Å². The van der Waals surface area contributed by atoms with E-state index in [1.54, 1.807) is 18.5 Å². The summed E-state index contributed by atoms with van der Waals surface area (Å²) in [7, 11) is 0. The van der Waals surface area contributed by atoms with E-state index >= 15 is 0 Å². The molecule has 1 aliphatic carbocycles. The standard InChI is InChI=1S/C13H19N3OS/c1-10-5-2-3-6-11(10)16-12(17)9-18-13-14-7-4-8-15-13/h4,7-8,10-11H,2-3,5-6,9H2,1H3,(H,16,17)/t10-,11-/m1/s1. The molecule has 1 aromatic heterocycles. The largest absolute Gasteiger partial charge is 0.352 e. The van der Waals surface area contributed by atoms with E-state index in [0.717, 1.165) is 6.42 Å². The highest BCUT2D eigenvalue weighted by Crippen LogP contribution is 2.23. The van der Waals surface area contributed by atoms with Gasteiger partial charge in [0, 0.05) is 18.4 Å². The molecule has 2 rings (SSSR count). The van der Waals surface area contributed by atoms with Gasteiger partial charge in [0.05, 0.1) is 5.75 Å². The molecule has 0 unspecified atom stereocenters. The lowest BCUT2D eigenvalue weighted by molar-refractivity contribution is -0.119. The number of amides is 1. The Hall–Kier alpha value is -1.10. The zero-order valence-corrected chi connectivity index (χ0v) is 11.4. The van der Waals surface area contributed by atoms with Crippen LogP contribution in [0.2, 0.25) is 0 Å². The SMILES string of the molecule is C[C@@H]1CCCC[C@H]1NC(=O)CSc1ncccn1. The number of carbonyl (C=O) groups is 1. The summed E-state index contributed by atoms with van der Waals surface area (Å²) in [5, 5.41) is 3.78. The molecule has 2 atom stereocenters. The molecule has 1 aromatic rings. The molecule has 0 aromatic carbocycles. The van der Waals surface area contributed by atoms with Gasteiger partial charge in [0.25, 0.3) is 0 Å². The van der Waals surface area contributed by atoms with Crippen molar-refractivity contribution >= 4 is 17.7 Å². The van der Waals surface area contributed by atoms with Gasteiger partial charge in [-0.25, -0.2) is 9.97 Å². The highest BCUT2D eigenvalue weighted by atomic mass is 32.2. The normalized spacial score (nSPS) is 23.6. The molecule has 0 saturated heterocycles. The molecule has 0 radical (unpaired) electrons. The first-order valence-electron chi connectivity index (χ1n) is 6.45. The minimum atomic E-state index is 0.0891. The van der Waals surface area contributed by atoms with E-state index in [2.05, 4.69) is 22.2 Å². The zero-order valence-electron chi connectivity index (χ0n) is 10.6. The number of nitrogens with one attached hydrogen (secondary N) is 1. The third kappa shape index (κ3) is 3.98. The van der Waals surface area contributed by atoms with Crippen molar-refractivity contribution in [3.63, 3.8) is 0 Å². The fourth-order valence-electron chi connectivity index (χ4n) is 2.27. The Morgan fingerprint density at radius 2 is 2.11 bits per heavy atom. The lowest BCUT2D eigenvalue weighted by atomic mass is 9.86. The van der Waals surface area contributed by atoms with Crippen molar-refractivity contribution in [3.8, 4) is 0 Å². The summed E-state index contributed by atoms with van der Waals surface area (Å²) in [6.07, 6.45) is 8.23. The van der Waals surface area contributed by atoms with Gasteiger partial charge in [-0.3, -0.25) is 4.79 Å². The van der Waals surface area contributed by atoms with Crippen molar-refractivity contribution in [3.05, 3.63) is 18.5 Å². The first-order chi connectivity index (χ1) is 8.75. The number of aromatic nitrogens is 2. The summed E-state index contributed by atoms with van der Waals surface area (Å²) in [4.78, 5) is 20.0. The Labute approximate surface area is 112 Å². The van der Waals surface area contributed by atoms with Gasteiger partial charge in [-0.2, -0.15) is 0 Å². The van der Waals surface area contributed by atoms with Gasteiger partial charge in [0.15, 0.2) is 5.16 Å². The molecule has 98 valence electrons. The molecule has 1 amide bonds. The monoisotopic (exact) mass is 265 g/mol. The summed E-state index contributed by atoms with van der Waals surface area (Å²) in [6.45, 7) is 2.22. The first-order valence-corrected chi connectivity index (χ1v) is 7.43. The number of hydrogen-bond donors (Lipinski definition) is 1. The molecular weight excluding hydrogens is 246 g/mol. The van der Waals surface area contributed by atoms with Gasteiger partial charge >= 0.3 is 0 Å². The summed E-state index contributed by atoms with van der Waals surface area (Å²) in [5.74, 6) is 1.08. The van der Waals surface area contributed by atoms with E-state index in [1.165, 1.54) is 31.0 Å². The van der Waals surface area contributed by atoms with Crippen LogP contribution in [0.3, 0.4) is 0 Å². The maximum absolute atomic E-state index is 11.8. The van der Waals surface area contributed by atoms with Crippen LogP contribution >= 0.6 is 11.8 Å². The van der Waals surface area contributed by atoms with E-state index in [4.69, 9.17) is 0 Å². The van der Waals surface area contributed by atoms with Crippen molar-refractivity contribution in [2.24, 2.45) is 5.92 Å². The van der Waals surface area contributed by atoms with Crippen molar-refractivity contribution in [1.29, 1.82) is 0 Å². The second-order valence-corrected chi connectivity index (χ2v) is 5.70. The third-order valence-electron chi connectivity index (χ3n) is 3.33.